The third-order valence-electron chi connectivity index (χ3n) is 4.25. The molecule has 0 aromatic rings. The summed E-state index contributed by atoms with van der Waals surface area (Å²) < 4.78 is 14.6. The molecule has 0 radical (unpaired) electrons. The molecule has 1 heterocycles. The molecule has 0 N–H and O–H groups in total. The number of methoxy groups -OCH3 is 2. The lowest BCUT2D eigenvalue weighted by Gasteiger charge is -2.41. The van der Waals surface area contributed by atoms with Gasteiger partial charge in [-0.25, -0.2) is 0 Å². The molecule has 100 valence electrons. The highest BCUT2D eigenvalue weighted by molar-refractivity contribution is 6.03. The molecule has 1 aliphatic heterocycles. The quantitative estimate of drug-likeness (QED) is 0.401. The van der Waals surface area contributed by atoms with Crippen LogP contribution in [0.1, 0.15) is 20.3 Å². The van der Waals surface area contributed by atoms with Gasteiger partial charge in [-0.1, -0.05) is 6.92 Å². The summed E-state index contributed by atoms with van der Waals surface area (Å²) in [6.45, 7) is 3.41. The van der Waals surface area contributed by atoms with E-state index in [9.17, 15) is 14.4 Å². The number of fused-ring (bicyclic) bond motifs is 1. The summed E-state index contributed by atoms with van der Waals surface area (Å²) in [5.74, 6) is -2.68. The molecule has 3 atom stereocenters. The Labute approximate surface area is 105 Å². The van der Waals surface area contributed by atoms with Gasteiger partial charge in [0, 0.05) is 12.3 Å². The largest absolute Gasteiger partial charge is 0.468 e. The van der Waals surface area contributed by atoms with Crippen LogP contribution >= 0.6 is 0 Å². The predicted octanol–water partition coefficient (Wildman–Crippen LogP) is 0.290. The topological polar surface area (TPSA) is 78.9 Å². The van der Waals surface area contributed by atoms with Gasteiger partial charge in [-0.15, -0.1) is 0 Å². The van der Waals surface area contributed by atoms with E-state index in [4.69, 9.17) is 14.2 Å². The van der Waals surface area contributed by atoms with Crippen molar-refractivity contribution in [3.05, 3.63) is 0 Å². The number of hydrogen-bond acceptors (Lipinski definition) is 6. The summed E-state index contributed by atoms with van der Waals surface area (Å²) in [5, 5.41) is 0. The van der Waals surface area contributed by atoms with Crippen LogP contribution in [0.3, 0.4) is 0 Å². The SMILES string of the molecule is COC(=O)C1(C(=O)OC)C[C@@]2(C)OC(=O)[C@H]2[C@@H]1C. The monoisotopic (exact) mass is 256 g/mol. The van der Waals surface area contributed by atoms with E-state index >= 15 is 0 Å². The zero-order valence-corrected chi connectivity index (χ0v) is 10.8. The lowest BCUT2D eigenvalue weighted by atomic mass is 9.76. The van der Waals surface area contributed by atoms with Crippen molar-refractivity contribution >= 4 is 17.9 Å². The van der Waals surface area contributed by atoms with Gasteiger partial charge in [0.05, 0.1) is 14.2 Å². The number of ether oxygens (including phenoxy) is 3. The van der Waals surface area contributed by atoms with Crippen LogP contribution in [0.15, 0.2) is 0 Å². The molecule has 0 unspecified atom stereocenters. The van der Waals surface area contributed by atoms with E-state index in [0.29, 0.717) is 0 Å². The third kappa shape index (κ3) is 1.26. The van der Waals surface area contributed by atoms with Gasteiger partial charge < -0.3 is 14.2 Å². The van der Waals surface area contributed by atoms with Gasteiger partial charge in [0.15, 0.2) is 5.41 Å². The van der Waals surface area contributed by atoms with E-state index in [1.165, 1.54) is 14.2 Å². The lowest BCUT2D eigenvalue weighted by molar-refractivity contribution is -0.205. The van der Waals surface area contributed by atoms with Crippen LogP contribution in [-0.4, -0.2) is 37.7 Å². The van der Waals surface area contributed by atoms with Crippen LogP contribution < -0.4 is 0 Å². The zero-order chi connectivity index (χ0) is 13.7. The molecule has 2 fully saturated rings. The number of esters is 3. The van der Waals surface area contributed by atoms with Gasteiger partial charge in [0.1, 0.15) is 11.5 Å². The summed E-state index contributed by atoms with van der Waals surface area (Å²) in [6, 6.07) is 0. The molecule has 6 heteroatoms. The second-order valence-electron chi connectivity index (χ2n) is 5.13. The number of hydrogen-bond donors (Lipinski definition) is 0. The van der Waals surface area contributed by atoms with Crippen LogP contribution in [0, 0.1) is 17.3 Å². The summed E-state index contributed by atoms with van der Waals surface area (Å²) in [5.41, 5.74) is -2.23. The van der Waals surface area contributed by atoms with Crippen molar-refractivity contribution < 1.29 is 28.6 Å². The van der Waals surface area contributed by atoms with Gasteiger partial charge in [0.25, 0.3) is 0 Å². The second-order valence-corrected chi connectivity index (χ2v) is 5.13. The Morgan fingerprint density at radius 2 is 1.78 bits per heavy atom. The van der Waals surface area contributed by atoms with Crippen LogP contribution in [0.5, 0.6) is 0 Å². The van der Waals surface area contributed by atoms with Gasteiger partial charge >= 0.3 is 17.9 Å². The molecule has 18 heavy (non-hydrogen) atoms. The fourth-order valence-electron chi connectivity index (χ4n) is 3.39. The van der Waals surface area contributed by atoms with Gasteiger partial charge in [-0.2, -0.15) is 0 Å². The van der Waals surface area contributed by atoms with E-state index in [2.05, 4.69) is 0 Å². The van der Waals surface area contributed by atoms with Gasteiger partial charge in [-0.3, -0.25) is 14.4 Å². The molecule has 2 aliphatic rings. The average molecular weight is 256 g/mol. The van der Waals surface area contributed by atoms with Crippen LogP contribution in [0.4, 0.5) is 0 Å². The van der Waals surface area contributed by atoms with Crippen molar-refractivity contribution in [2.45, 2.75) is 25.9 Å². The maximum absolute atomic E-state index is 12.0. The van der Waals surface area contributed by atoms with E-state index in [0.717, 1.165) is 0 Å². The number of rotatable bonds is 2. The first-order valence-corrected chi connectivity index (χ1v) is 5.73. The number of carbonyl (C=O) groups is 3. The summed E-state index contributed by atoms with van der Waals surface area (Å²) in [4.78, 5) is 35.6. The fourth-order valence-corrected chi connectivity index (χ4v) is 3.39. The summed E-state index contributed by atoms with van der Waals surface area (Å²) >= 11 is 0. The molecule has 0 spiro atoms. The molecule has 6 nitrogen and oxygen atoms in total. The highest BCUT2D eigenvalue weighted by atomic mass is 16.6. The minimum Gasteiger partial charge on any atom is -0.468 e. The van der Waals surface area contributed by atoms with Gasteiger partial charge in [-0.05, 0) is 6.92 Å². The van der Waals surface area contributed by atoms with Crippen LogP contribution in [-0.2, 0) is 28.6 Å². The Bertz CT molecular complexity index is 412. The van der Waals surface area contributed by atoms with E-state index in [1.807, 2.05) is 0 Å². The van der Waals surface area contributed by atoms with Crippen molar-refractivity contribution in [2.24, 2.45) is 17.3 Å². The summed E-state index contributed by atoms with van der Waals surface area (Å²) in [6.07, 6.45) is 0.108. The van der Waals surface area contributed by atoms with Crippen LogP contribution in [0.25, 0.3) is 0 Å². The molecule has 0 amide bonds. The lowest BCUT2D eigenvalue weighted by Crippen LogP contribution is -2.53. The molecule has 0 aromatic heterocycles. The first kappa shape index (κ1) is 12.9. The normalized spacial score (nSPS) is 36.1. The Morgan fingerprint density at radius 1 is 1.28 bits per heavy atom. The minimum absolute atomic E-state index is 0.108. The minimum atomic E-state index is -1.45. The van der Waals surface area contributed by atoms with Crippen molar-refractivity contribution in [1.82, 2.24) is 0 Å². The molecule has 1 aliphatic carbocycles. The second kappa shape index (κ2) is 3.70. The van der Waals surface area contributed by atoms with E-state index in [1.54, 1.807) is 13.8 Å². The maximum atomic E-state index is 12.0. The Kier molecular flexibility index (Phi) is 2.64. The fraction of sp³-hybridized carbons (Fsp3) is 0.750. The van der Waals surface area contributed by atoms with Crippen molar-refractivity contribution in [3.8, 4) is 0 Å². The Balaban J connectivity index is 2.47. The molecular formula is C12H16O6. The molecule has 1 saturated heterocycles. The van der Waals surface area contributed by atoms with Crippen molar-refractivity contribution in [2.75, 3.05) is 14.2 Å². The van der Waals surface area contributed by atoms with E-state index < -0.39 is 34.8 Å². The highest BCUT2D eigenvalue weighted by Crippen LogP contribution is 2.60. The standard InChI is InChI=1S/C12H16O6/c1-6-7-8(13)18-11(7,2)5-12(6,9(14)16-3)10(15)17-4/h6-7H,5H2,1-4H3/t6-,7+,11+/m0/s1. The predicted molar refractivity (Wildman–Crippen MR) is 58.2 cm³/mol. The van der Waals surface area contributed by atoms with E-state index in [-0.39, 0.29) is 12.4 Å². The maximum Gasteiger partial charge on any atom is 0.323 e. The Hall–Kier alpha value is -1.59. The highest BCUT2D eigenvalue weighted by Gasteiger charge is 2.74. The molecule has 0 aromatic carbocycles. The first-order valence-electron chi connectivity index (χ1n) is 5.73. The zero-order valence-electron chi connectivity index (χ0n) is 10.8. The number of carbonyl (C=O) groups excluding carboxylic acids is 3. The van der Waals surface area contributed by atoms with Crippen molar-refractivity contribution in [3.63, 3.8) is 0 Å². The van der Waals surface area contributed by atoms with Crippen molar-refractivity contribution in [1.29, 1.82) is 0 Å². The molecule has 0 bridgehead atoms. The molecule has 2 rings (SSSR count). The van der Waals surface area contributed by atoms with Crippen LogP contribution in [0.2, 0.25) is 0 Å². The molecule has 1 saturated carbocycles. The Morgan fingerprint density at radius 3 is 2.11 bits per heavy atom. The van der Waals surface area contributed by atoms with Gasteiger partial charge in [0.2, 0.25) is 0 Å². The summed E-state index contributed by atoms with van der Waals surface area (Å²) in [7, 11) is 2.43. The molecular weight excluding hydrogens is 240 g/mol. The average Bonchev–Trinajstić information content (AvgIpc) is 2.51. The smallest absolute Gasteiger partial charge is 0.323 e. The first-order chi connectivity index (χ1) is 8.33. The third-order valence-corrected chi connectivity index (χ3v) is 4.25.